The number of nitrogens with zero attached hydrogens (tertiary/aromatic N) is 1. The number of aryl methyl sites for hydroxylation is 2. The maximum Gasteiger partial charge on any atom is 0.264 e. The molecule has 1 aliphatic heterocycles. The number of rotatable bonds is 2. The number of nitrogens with two attached hydrogens (primary N) is 1. The number of fused-ring (bicyclic) bond motifs is 1. The second-order valence-electron chi connectivity index (χ2n) is 5.92. The normalized spacial score (nSPS) is 21.9. The fraction of sp³-hybridized carbons (Fsp3) is 0.467. The van der Waals surface area contributed by atoms with Crippen molar-refractivity contribution in [2.75, 3.05) is 18.9 Å². The molecule has 2 aromatic rings. The molecule has 0 aromatic carbocycles. The second-order valence-corrected chi connectivity index (χ2v) is 6.92. The van der Waals surface area contributed by atoms with Crippen LogP contribution in [-0.2, 0) is 4.74 Å². The molecule has 2 aromatic heterocycles. The number of hydrogen-bond acceptors (Lipinski definition) is 5. The lowest BCUT2D eigenvalue weighted by atomic mass is 10.0. The van der Waals surface area contributed by atoms with E-state index in [2.05, 4.69) is 10.3 Å². The zero-order valence-electron chi connectivity index (χ0n) is 12.4. The van der Waals surface area contributed by atoms with Gasteiger partial charge in [0.05, 0.1) is 17.8 Å². The number of amides is 1. The fourth-order valence-corrected chi connectivity index (χ4v) is 3.85. The van der Waals surface area contributed by atoms with Crippen LogP contribution in [0.3, 0.4) is 0 Å². The van der Waals surface area contributed by atoms with E-state index in [1.54, 1.807) is 0 Å². The van der Waals surface area contributed by atoms with Crippen LogP contribution < -0.4 is 11.1 Å². The van der Waals surface area contributed by atoms with E-state index in [0.29, 0.717) is 23.8 Å². The predicted molar refractivity (Wildman–Crippen MR) is 84.8 cm³/mol. The average molecular weight is 305 g/mol. The first-order valence-electron chi connectivity index (χ1n) is 6.96. The molecule has 0 saturated carbocycles. The molecule has 0 radical (unpaired) electrons. The first-order chi connectivity index (χ1) is 9.89. The Balaban J connectivity index is 1.98. The summed E-state index contributed by atoms with van der Waals surface area (Å²) in [6, 6.07) is 1.99. The van der Waals surface area contributed by atoms with Crippen molar-refractivity contribution < 1.29 is 9.53 Å². The Morgan fingerprint density at radius 3 is 2.95 bits per heavy atom. The van der Waals surface area contributed by atoms with Gasteiger partial charge in [0, 0.05) is 17.7 Å². The van der Waals surface area contributed by atoms with Gasteiger partial charge in [-0.15, -0.1) is 11.3 Å². The summed E-state index contributed by atoms with van der Waals surface area (Å²) in [4.78, 5) is 18.4. The van der Waals surface area contributed by atoms with Gasteiger partial charge in [0.15, 0.2) is 0 Å². The summed E-state index contributed by atoms with van der Waals surface area (Å²) in [6.45, 7) is 7.15. The molecule has 0 spiro atoms. The number of hydrogen-bond donors (Lipinski definition) is 2. The maximum atomic E-state index is 12.5. The van der Waals surface area contributed by atoms with Gasteiger partial charge in [0.25, 0.3) is 5.91 Å². The third kappa shape index (κ3) is 2.49. The van der Waals surface area contributed by atoms with Crippen LogP contribution >= 0.6 is 11.3 Å². The average Bonchev–Trinajstić information content (AvgIpc) is 2.94. The molecule has 0 aliphatic carbocycles. The minimum Gasteiger partial charge on any atom is -0.397 e. The number of anilines is 1. The largest absolute Gasteiger partial charge is 0.397 e. The number of nitrogens with one attached hydrogen (secondary N) is 1. The molecule has 3 rings (SSSR count). The number of pyridine rings is 1. The van der Waals surface area contributed by atoms with Gasteiger partial charge in [-0.2, -0.15) is 0 Å². The zero-order chi connectivity index (χ0) is 15.2. The van der Waals surface area contributed by atoms with Crippen LogP contribution in [0.5, 0.6) is 0 Å². The van der Waals surface area contributed by atoms with Gasteiger partial charge < -0.3 is 15.8 Å². The first-order valence-corrected chi connectivity index (χ1v) is 7.78. The molecule has 21 heavy (non-hydrogen) atoms. The van der Waals surface area contributed by atoms with Gasteiger partial charge in [-0.25, -0.2) is 4.98 Å². The van der Waals surface area contributed by atoms with E-state index in [0.717, 1.165) is 27.9 Å². The van der Waals surface area contributed by atoms with E-state index >= 15 is 0 Å². The Labute approximate surface area is 127 Å². The minimum absolute atomic E-state index is 0.138. The number of aromatic nitrogens is 1. The van der Waals surface area contributed by atoms with E-state index in [4.69, 9.17) is 10.5 Å². The molecule has 5 nitrogen and oxygen atoms in total. The summed E-state index contributed by atoms with van der Waals surface area (Å²) in [5, 5.41) is 3.94. The summed E-state index contributed by atoms with van der Waals surface area (Å²) in [5.74, 6) is -0.138. The lowest BCUT2D eigenvalue weighted by Gasteiger charge is -2.23. The second kappa shape index (κ2) is 4.96. The maximum absolute atomic E-state index is 12.5. The molecule has 3 N–H and O–H groups in total. The van der Waals surface area contributed by atoms with Crippen molar-refractivity contribution in [2.45, 2.75) is 32.7 Å². The van der Waals surface area contributed by atoms with E-state index in [-0.39, 0.29) is 11.4 Å². The first kappa shape index (κ1) is 14.3. The lowest BCUT2D eigenvalue weighted by molar-refractivity contribution is 0.0895. The topological polar surface area (TPSA) is 77.2 Å². The van der Waals surface area contributed by atoms with Gasteiger partial charge in [-0.05, 0) is 38.8 Å². The van der Waals surface area contributed by atoms with Gasteiger partial charge in [0.1, 0.15) is 9.71 Å². The quantitative estimate of drug-likeness (QED) is 0.893. The summed E-state index contributed by atoms with van der Waals surface area (Å²) in [5.41, 5.74) is 8.40. The molecule has 112 valence electrons. The van der Waals surface area contributed by atoms with Crippen molar-refractivity contribution in [3.8, 4) is 0 Å². The van der Waals surface area contributed by atoms with E-state index in [1.165, 1.54) is 11.3 Å². The third-order valence-corrected chi connectivity index (χ3v) is 4.96. The molecule has 3 heterocycles. The Kier molecular flexibility index (Phi) is 3.37. The molecule has 1 unspecified atom stereocenters. The zero-order valence-corrected chi connectivity index (χ0v) is 13.3. The van der Waals surface area contributed by atoms with Crippen molar-refractivity contribution in [3.05, 3.63) is 22.2 Å². The van der Waals surface area contributed by atoms with Crippen LogP contribution in [0.1, 0.15) is 34.3 Å². The standard InChI is InChI=1S/C15H19N3O2S/c1-8-6-9(2)17-14-10(8)11(16)12(21-14)13(19)18-15(3)4-5-20-7-15/h6H,4-5,7,16H2,1-3H3,(H,18,19). The molecule has 1 fully saturated rings. The molecular weight excluding hydrogens is 286 g/mol. The Morgan fingerprint density at radius 2 is 2.29 bits per heavy atom. The highest BCUT2D eigenvalue weighted by molar-refractivity contribution is 7.21. The highest BCUT2D eigenvalue weighted by atomic mass is 32.1. The molecule has 1 aliphatic rings. The van der Waals surface area contributed by atoms with E-state index in [9.17, 15) is 4.79 Å². The third-order valence-electron chi connectivity index (χ3n) is 3.86. The minimum atomic E-state index is -0.307. The molecule has 1 amide bonds. The van der Waals surface area contributed by atoms with Crippen LogP contribution in [0.25, 0.3) is 10.2 Å². The van der Waals surface area contributed by atoms with Gasteiger partial charge in [0.2, 0.25) is 0 Å². The number of ether oxygens (including phenoxy) is 1. The Bertz CT molecular complexity index is 717. The van der Waals surface area contributed by atoms with Crippen LogP contribution in [0.4, 0.5) is 5.69 Å². The smallest absolute Gasteiger partial charge is 0.264 e. The Morgan fingerprint density at radius 1 is 1.52 bits per heavy atom. The molecular formula is C15H19N3O2S. The summed E-state index contributed by atoms with van der Waals surface area (Å²) in [7, 11) is 0. The van der Waals surface area contributed by atoms with Crippen molar-refractivity contribution in [1.82, 2.24) is 10.3 Å². The molecule has 1 atom stereocenters. The summed E-state index contributed by atoms with van der Waals surface area (Å²) < 4.78 is 5.37. The fourth-order valence-electron chi connectivity index (χ4n) is 2.73. The highest BCUT2D eigenvalue weighted by Crippen LogP contribution is 2.35. The van der Waals surface area contributed by atoms with Crippen molar-refractivity contribution in [3.63, 3.8) is 0 Å². The van der Waals surface area contributed by atoms with Crippen LogP contribution in [0, 0.1) is 13.8 Å². The van der Waals surface area contributed by atoms with Crippen LogP contribution in [0.2, 0.25) is 0 Å². The van der Waals surface area contributed by atoms with Gasteiger partial charge in [-0.3, -0.25) is 4.79 Å². The highest BCUT2D eigenvalue weighted by Gasteiger charge is 2.32. The SMILES string of the molecule is Cc1cc(C)c2c(N)c(C(=O)NC3(C)CCOC3)sc2n1. The van der Waals surface area contributed by atoms with Gasteiger partial charge in [-0.1, -0.05) is 0 Å². The molecule has 0 bridgehead atoms. The Hall–Kier alpha value is -1.66. The number of carbonyl (C=O) groups excluding carboxylic acids is 1. The predicted octanol–water partition coefficient (Wildman–Crippen LogP) is 2.40. The monoisotopic (exact) mass is 305 g/mol. The summed E-state index contributed by atoms with van der Waals surface area (Å²) in [6.07, 6.45) is 0.819. The van der Waals surface area contributed by atoms with Crippen molar-refractivity contribution >= 4 is 33.1 Å². The van der Waals surface area contributed by atoms with Crippen molar-refractivity contribution in [1.29, 1.82) is 0 Å². The van der Waals surface area contributed by atoms with E-state index < -0.39 is 0 Å². The number of carbonyl (C=O) groups is 1. The number of nitrogen functional groups attached to an aromatic ring is 1. The van der Waals surface area contributed by atoms with Crippen LogP contribution in [0.15, 0.2) is 6.07 Å². The molecule has 1 saturated heterocycles. The van der Waals surface area contributed by atoms with Crippen LogP contribution in [-0.4, -0.2) is 29.6 Å². The van der Waals surface area contributed by atoms with E-state index in [1.807, 2.05) is 26.8 Å². The number of thiophene rings is 1. The van der Waals surface area contributed by atoms with Crippen molar-refractivity contribution in [2.24, 2.45) is 0 Å². The molecule has 6 heteroatoms. The summed E-state index contributed by atoms with van der Waals surface area (Å²) >= 11 is 1.35. The lowest BCUT2D eigenvalue weighted by Crippen LogP contribution is -2.46. The van der Waals surface area contributed by atoms with Gasteiger partial charge >= 0.3 is 0 Å².